The third-order valence-corrected chi connectivity index (χ3v) is 3.67. The molecule has 0 saturated carbocycles. The molecule has 94 valence electrons. The monoisotopic (exact) mass is 254 g/mol. The molecule has 0 aromatic heterocycles. The molecule has 0 bridgehead atoms. The predicted octanol–water partition coefficient (Wildman–Crippen LogP) is 2.74. The van der Waals surface area contributed by atoms with Crippen molar-refractivity contribution in [1.29, 1.82) is 0 Å². The zero-order valence-corrected chi connectivity index (χ0v) is 11.3. The number of carbonyl (C=O) groups excluding carboxylic acids is 1. The summed E-state index contributed by atoms with van der Waals surface area (Å²) < 4.78 is 9.77. The molecule has 1 aromatic rings. The first-order chi connectivity index (χ1) is 8.17. The van der Waals surface area contributed by atoms with Crippen molar-refractivity contribution in [3.05, 3.63) is 29.8 Å². The second kappa shape index (κ2) is 7.22. The van der Waals surface area contributed by atoms with Gasteiger partial charge in [-0.2, -0.15) is 11.8 Å². The minimum atomic E-state index is -0.146. The van der Waals surface area contributed by atoms with Crippen molar-refractivity contribution < 1.29 is 14.3 Å². The van der Waals surface area contributed by atoms with Gasteiger partial charge in [-0.25, -0.2) is 0 Å². The van der Waals surface area contributed by atoms with Gasteiger partial charge in [-0.05, 0) is 17.7 Å². The second-order valence-corrected chi connectivity index (χ2v) is 4.82. The average Bonchev–Trinajstić information content (AvgIpc) is 2.38. The summed E-state index contributed by atoms with van der Waals surface area (Å²) in [5.41, 5.74) is 1.23. The van der Waals surface area contributed by atoms with Crippen molar-refractivity contribution in [2.45, 2.75) is 12.7 Å². The molecule has 0 heterocycles. The van der Waals surface area contributed by atoms with Crippen LogP contribution in [0.2, 0.25) is 0 Å². The summed E-state index contributed by atoms with van der Waals surface area (Å²) >= 11 is 1.73. The highest BCUT2D eigenvalue weighted by Crippen LogP contribution is 2.18. The van der Waals surface area contributed by atoms with E-state index in [-0.39, 0.29) is 11.9 Å². The number of benzene rings is 1. The molecule has 17 heavy (non-hydrogen) atoms. The fraction of sp³-hybridized carbons (Fsp3) is 0.462. The molecule has 3 nitrogen and oxygen atoms in total. The largest absolute Gasteiger partial charge is 0.497 e. The number of hydrogen-bond acceptors (Lipinski definition) is 4. The van der Waals surface area contributed by atoms with Crippen LogP contribution in [-0.2, 0) is 15.3 Å². The summed E-state index contributed by atoms with van der Waals surface area (Å²) in [7, 11) is 3.08. The van der Waals surface area contributed by atoms with Gasteiger partial charge in [-0.15, -0.1) is 0 Å². The van der Waals surface area contributed by atoms with Crippen molar-refractivity contribution in [2.24, 2.45) is 5.92 Å². The fourth-order valence-electron chi connectivity index (χ4n) is 1.34. The van der Waals surface area contributed by atoms with E-state index in [2.05, 4.69) is 4.74 Å². The van der Waals surface area contributed by atoms with Crippen LogP contribution >= 0.6 is 11.8 Å². The van der Waals surface area contributed by atoms with Gasteiger partial charge in [0, 0.05) is 11.5 Å². The summed E-state index contributed by atoms with van der Waals surface area (Å²) in [5.74, 6) is 2.33. The Kier molecular flexibility index (Phi) is 5.91. The number of rotatable bonds is 6. The van der Waals surface area contributed by atoms with E-state index in [9.17, 15) is 4.79 Å². The number of hydrogen-bond donors (Lipinski definition) is 0. The minimum absolute atomic E-state index is 0.0525. The highest BCUT2D eigenvalue weighted by atomic mass is 32.2. The van der Waals surface area contributed by atoms with Crippen molar-refractivity contribution in [1.82, 2.24) is 0 Å². The third-order valence-electron chi connectivity index (χ3n) is 2.40. The molecule has 0 fully saturated rings. The molecule has 4 heteroatoms. The molecular formula is C13H18O3S. The summed E-state index contributed by atoms with van der Waals surface area (Å²) in [6.07, 6.45) is 0. The Bertz CT molecular complexity index is 348. The first-order valence-corrected chi connectivity index (χ1v) is 6.61. The van der Waals surface area contributed by atoms with Crippen LogP contribution in [0.15, 0.2) is 24.3 Å². The maximum Gasteiger partial charge on any atom is 0.309 e. The van der Waals surface area contributed by atoms with Crippen LogP contribution in [0.3, 0.4) is 0 Å². The predicted molar refractivity (Wildman–Crippen MR) is 70.3 cm³/mol. The van der Waals surface area contributed by atoms with Crippen LogP contribution in [0.25, 0.3) is 0 Å². The number of ether oxygens (including phenoxy) is 2. The number of methoxy groups -OCH3 is 2. The molecule has 0 radical (unpaired) electrons. The highest BCUT2D eigenvalue weighted by Gasteiger charge is 2.12. The first kappa shape index (κ1) is 13.9. The molecule has 0 N–H and O–H groups in total. The summed E-state index contributed by atoms with van der Waals surface area (Å²) in [4.78, 5) is 11.2. The Morgan fingerprint density at radius 2 is 1.94 bits per heavy atom. The second-order valence-electron chi connectivity index (χ2n) is 3.79. The van der Waals surface area contributed by atoms with Gasteiger partial charge in [0.05, 0.1) is 20.1 Å². The van der Waals surface area contributed by atoms with Gasteiger partial charge < -0.3 is 9.47 Å². The van der Waals surface area contributed by atoms with Gasteiger partial charge >= 0.3 is 5.97 Å². The summed E-state index contributed by atoms with van der Waals surface area (Å²) in [6, 6.07) is 7.96. The molecule has 1 rings (SSSR count). The molecule has 0 aliphatic heterocycles. The molecule has 0 aliphatic rings. The third kappa shape index (κ3) is 4.69. The molecule has 1 aromatic carbocycles. The van der Waals surface area contributed by atoms with Crippen molar-refractivity contribution in [3.8, 4) is 5.75 Å². The molecule has 0 amide bonds. The number of carbonyl (C=O) groups is 1. The van der Waals surface area contributed by atoms with Crippen LogP contribution in [0, 0.1) is 5.92 Å². The maximum absolute atomic E-state index is 11.2. The molecule has 0 saturated heterocycles. The van der Waals surface area contributed by atoms with E-state index in [1.807, 2.05) is 31.2 Å². The Hall–Kier alpha value is -1.16. The van der Waals surface area contributed by atoms with Crippen LogP contribution in [0.1, 0.15) is 12.5 Å². The molecule has 0 spiro atoms. The normalized spacial score (nSPS) is 11.9. The fourth-order valence-corrected chi connectivity index (χ4v) is 2.38. The standard InChI is InChI=1S/C13H18O3S/c1-10(13(14)16-3)8-17-9-11-4-6-12(15-2)7-5-11/h4-7,10H,8-9H2,1-3H3. The summed E-state index contributed by atoms with van der Waals surface area (Å²) in [5, 5.41) is 0. The van der Waals surface area contributed by atoms with Crippen LogP contribution < -0.4 is 4.74 Å². The van der Waals surface area contributed by atoms with Gasteiger partial charge in [0.15, 0.2) is 0 Å². The van der Waals surface area contributed by atoms with Crippen LogP contribution in [-0.4, -0.2) is 25.9 Å². The molecular weight excluding hydrogens is 236 g/mol. The minimum Gasteiger partial charge on any atom is -0.497 e. The molecule has 0 aliphatic carbocycles. The van der Waals surface area contributed by atoms with Gasteiger partial charge in [0.1, 0.15) is 5.75 Å². The average molecular weight is 254 g/mol. The van der Waals surface area contributed by atoms with Crippen molar-refractivity contribution in [2.75, 3.05) is 20.0 Å². The smallest absolute Gasteiger partial charge is 0.309 e. The zero-order chi connectivity index (χ0) is 12.7. The highest BCUT2D eigenvalue weighted by molar-refractivity contribution is 7.98. The van der Waals surface area contributed by atoms with E-state index in [4.69, 9.17) is 4.74 Å². The lowest BCUT2D eigenvalue weighted by Crippen LogP contribution is -2.14. The van der Waals surface area contributed by atoms with Crippen LogP contribution in [0.5, 0.6) is 5.75 Å². The maximum atomic E-state index is 11.2. The van der Waals surface area contributed by atoms with Gasteiger partial charge in [-0.1, -0.05) is 19.1 Å². The van der Waals surface area contributed by atoms with E-state index in [0.29, 0.717) is 0 Å². The lowest BCUT2D eigenvalue weighted by Gasteiger charge is -2.08. The van der Waals surface area contributed by atoms with Crippen molar-refractivity contribution in [3.63, 3.8) is 0 Å². The Balaban J connectivity index is 2.33. The van der Waals surface area contributed by atoms with E-state index in [1.165, 1.54) is 12.7 Å². The summed E-state index contributed by atoms with van der Waals surface area (Å²) in [6.45, 7) is 1.88. The lowest BCUT2D eigenvalue weighted by molar-refractivity contribution is -0.143. The topological polar surface area (TPSA) is 35.5 Å². The van der Waals surface area contributed by atoms with Gasteiger partial charge in [0.2, 0.25) is 0 Å². The quantitative estimate of drug-likeness (QED) is 0.731. The van der Waals surface area contributed by atoms with E-state index < -0.39 is 0 Å². The van der Waals surface area contributed by atoms with E-state index in [0.717, 1.165) is 17.3 Å². The Morgan fingerprint density at radius 1 is 1.29 bits per heavy atom. The Labute approximate surface area is 106 Å². The van der Waals surface area contributed by atoms with Crippen LogP contribution in [0.4, 0.5) is 0 Å². The first-order valence-electron chi connectivity index (χ1n) is 5.46. The number of thioether (sulfide) groups is 1. The SMILES string of the molecule is COC(=O)C(C)CSCc1ccc(OC)cc1. The van der Waals surface area contributed by atoms with Gasteiger partial charge in [-0.3, -0.25) is 4.79 Å². The number of esters is 1. The van der Waals surface area contributed by atoms with E-state index >= 15 is 0 Å². The van der Waals surface area contributed by atoms with Gasteiger partial charge in [0.25, 0.3) is 0 Å². The van der Waals surface area contributed by atoms with E-state index in [1.54, 1.807) is 18.9 Å². The van der Waals surface area contributed by atoms with Crippen molar-refractivity contribution >= 4 is 17.7 Å². The zero-order valence-electron chi connectivity index (χ0n) is 10.4. The molecule has 1 atom stereocenters. The Morgan fingerprint density at radius 3 is 2.47 bits per heavy atom. The lowest BCUT2D eigenvalue weighted by atomic mass is 10.2. The molecule has 1 unspecified atom stereocenters.